The number of benzene rings is 1. The van der Waals surface area contributed by atoms with Crippen molar-refractivity contribution in [2.24, 2.45) is 5.10 Å². The molecule has 0 bridgehead atoms. The van der Waals surface area contributed by atoms with Gasteiger partial charge in [-0.25, -0.2) is 5.43 Å². The summed E-state index contributed by atoms with van der Waals surface area (Å²) in [7, 11) is 0. The molecular formula is C14H11N3O3. The summed E-state index contributed by atoms with van der Waals surface area (Å²) >= 11 is 0. The van der Waals surface area contributed by atoms with E-state index in [1.807, 2.05) is 6.07 Å². The van der Waals surface area contributed by atoms with Gasteiger partial charge in [-0.15, -0.1) is 0 Å². The number of hydrazone groups is 1. The Morgan fingerprint density at radius 2 is 2.20 bits per heavy atom. The summed E-state index contributed by atoms with van der Waals surface area (Å²) in [5, 5.41) is 12.2. The lowest BCUT2D eigenvalue weighted by Gasteiger charge is -2.01. The SMILES string of the molecule is N#CCOc1ccc(/C=N\NC(=O)c2ccco2)cc1. The molecule has 0 saturated carbocycles. The average Bonchev–Trinajstić information content (AvgIpc) is 3.00. The first-order valence-electron chi connectivity index (χ1n) is 5.76. The molecule has 0 fully saturated rings. The zero-order chi connectivity index (χ0) is 14.2. The van der Waals surface area contributed by atoms with Crippen molar-refractivity contribution >= 4 is 12.1 Å². The highest BCUT2D eigenvalue weighted by Gasteiger charge is 2.05. The number of furan rings is 1. The van der Waals surface area contributed by atoms with Gasteiger partial charge in [0, 0.05) is 0 Å². The molecule has 2 rings (SSSR count). The zero-order valence-electron chi connectivity index (χ0n) is 10.4. The Morgan fingerprint density at radius 3 is 2.85 bits per heavy atom. The molecule has 2 aromatic rings. The van der Waals surface area contributed by atoms with Crippen molar-refractivity contribution in [2.75, 3.05) is 6.61 Å². The molecule has 1 N–H and O–H groups in total. The third kappa shape index (κ3) is 3.71. The van der Waals surface area contributed by atoms with Crippen LogP contribution in [-0.4, -0.2) is 18.7 Å². The molecule has 0 aliphatic rings. The van der Waals surface area contributed by atoms with Gasteiger partial charge in [0.25, 0.3) is 0 Å². The van der Waals surface area contributed by atoms with Crippen molar-refractivity contribution in [1.29, 1.82) is 5.26 Å². The van der Waals surface area contributed by atoms with Crippen molar-refractivity contribution in [1.82, 2.24) is 5.43 Å². The molecule has 0 aliphatic heterocycles. The van der Waals surface area contributed by atoms with Crippen LogP contribution in [0.25, 0.3) is 0 Å². The first kappa shape index (κ1) is 13.4. The van der Waals surface area contributed by atoms with Crippen LogP contribution in [0.3, 0.4) is 0 Å². The predicted octanol–water partition coefficient (Wildman–Crippen LogP) is 1.95. The van der Waals surface area contributed by atoms with Crippen LogP contribution in [0.5, 0.6) is 5.75 Å². The Morgan fingerprint density at radius 1 is 1.40 bits per heavy atom. The van der Waals surface area contributed by atoms with Gasteiger partial charge in [0.15, 0.2) is 12.4 Å². The molecule has 1 aromatic carbocycles. The molecule has 1 aromatic heterocycles. The van der Waals surface area contributed by atoms with E-state index in [4.69, 9.17) is 14.4 Å². The maximum absolute atomic E-state index is 11.5. The number of carbonyl (C=O) groups excluding carboxylic acids is 1. The van der Waals surface area contributed by atoms with Gasteiger partial charge in [-0.05, 0) is 42.0 Å². The van der Waals surface area contributed by atoms with Crippen LogP contribution in [0.2, 0.25) is 0 Å². The van der Waals surface area contributed by atoms with Crippen LogP contribution in [0, 0.1) is 11.3 Å². The largest absolute Gasteiger partial charge is 0.479 e. The second-order valence-corrected chi connectivity index (χ2v) is 3.69. The number of carbonyl (C=O) groups is 1. The van der Waals surface area contributed by atoms with Crippen LogP contribution in [0.1, 0.15) is 16.1 Å². The fourth-order valence-electron chi connectivity index (χ4n) is 1.39. The highest BCUT2D eigenvalue weighted by Crippen LogP contribution is 2.10. The fourth-order valence-corrected chi connectivity index (χ4v) is 1.39. The lowest BCUT2D eigenvalue weighted by molar-refractivity contribution is 0.0927. The number of nitrogens with one attached hydrogen (secondary N) is 1. The Hall–Kier alpha value is -3.07. The summed E-state index contributed by atoms with van der Waals surface area (Å²) in [5.74, 6) is 0.381. The first-order chi connectivity index (χ1) is 9.79. The smallest absolute Gasteiger partial charge is 0.307 e. The maximum Gasteiger partial charge on any atom is 0.307 e. The van der Waals surface area contributed by atoms with Crippen LogP contribution < -0.4 is 10.2 Å². The molecule has 1 heterocycles. The Labute approximate surface area is 115 Å². The molecule has 0 spiro atoms. The lowest BCUT2D eigenvalue weighted by Crippen LogP contribution is -2.16. The minimum absolute atomic E-state index is 0.00659. The number of nitrogens with zero attached hydrogens (tertiary/aromatic N) is 2. The van der Waals surface area contributed by atoms with E-state index in [2.05, 4.69) is 10.5 Å². The third-order valence-corrected chi connectivity index (χ3v) is 2.31. The van der Waals surface area contributed by atoms with E-state index < -0.39 is 5.91 Å². The van der Waals surface area contributed by atoms with E-state index in [-0.39, 0.29) is 12.4 Å². The van der Waals surface area contributed by atoms with Gasteiger partial charge in [-0.3, -0.25) is 4.79 Å². The molecule has 0 saturated heterocycles. The van der Waals surface area contributed by atoms with E-state index in [0.717, 1.165) is 5.56 Å². The zero-order valence-corrected chi connectivity index (χ0v) is 10.4. The Bertz CT molecular complexity index is 625. The molecule has 6 nitrogen and oxygen atoms in total. The summed E-state index contributed by atoms with van der Waals surface area (Å²) < 4.78 is 10.0. The van der Waals surface area contributed by atoms with Crippen molar-refractivity contribution in [3.8, 4) is 11.8 Å². The highest BCUT2D eigenvalue weighted by molar-refractivity contribution is 5.92. The summed E-state index contributed by atoms with van der Waals surface area (Å²) in [6.07, 6.45) is 2.91. The molecular weight excluding hydrogens is 258 g/mol. The average molecular weight is 269 g/mol. The van der Waals surface area contributed by atoms with Gasteiger partial charge in [0.05, 0.1) is 12.5 Å². The standard InChI is InChI=1S/C14H11N3O3/c15-7-9-19-12-5-3-11(4-6-12)10-16-17-14(18)13-2-1-8-20-13/h1-6,8,10H,9H2,(H,17,18)/b16-10-. The Balaban J connectivity index is 1.88. The van der Waals surface area contributed by atoms with Gasteiger partial charge in [0.1, 0.15) is 11.8 Å². The number of nitriles is 1. The topological polar surface area (TPSA) is 87.6 Å². The maximum atomic E-state index is 11.5. The Kier molecular flexibility index (Phi) is 4.51. The number of ether oxygens (including phenoxy) is 1. The van der Waals surface area contributed by atoms with Crippen molar-refractivity contribution < 1.29 is 13.9 Å². The minimum Gasteiger partial charge on any atom is -0.479 e. The van der Waals surface area contributed by atoms with Crippen molar-refractivity contribution in [3.63, 3.8) is 0 Å². The molecule has 0 aliphatic carbocycles. The van der Waals surface area contributed by atoms with E-state index in [1.165, 1.54) is 12.5 Å². The molecule has 0 radical (unpaired) electrons. The number of amides is 1. The van der Waals surface area contributed by atoms with Gasteiger partial charge in [-0.2, -0.15) is 10.4 Å². The molecule has 6 heteroatoms. The predicted molar refractivity (Wildman–Crippen MR) is 71.3 cm³/mol. The molecule has 20 heavy (non-hydrogen) atoms. The van der Waals surface area contributed by atoms with Gasteiger partial charge < -0.3 is 9.15 Å². The number of hydrogen-bond donors (Lipinski definition) is 1. The van der Waals surface area contributed by atoms with E-state index >= 15 is 0 Å². The van der Waals surface area contributed by atoms with Gasteiger partial charge in [0.2, 0.25) is 0 Å². The number of hydrogen-bond acceptors (Lipinski definition) is 5. The van der Waals surface area contributed by atoms with E-state index in [9.17, 15) is 4.79 Å². The molecule has 0 unspecified atom stereocenters. The van der Waals surface area contributed by atoms with Crippen molar-refractivity contribution in [3.05, 3.63) is 54.0 Å². The fraction of sp³-hybridized carbons (Fsp3) is 0.0714. The second kappa shape index (κ2) is 6.75. The monoisotopic (exact) mass is 269 g/mol. The van der Waals surface area contributed by atoms with E-state index in [0.29, 0.717) is 5.75 Å². The van der Waals surface area contributed by atoms with Crippen LogP contribution >= 0.6 is 0 Å². The quantitative estimate of drug-likeness (QED) is 0.663. The van der Waals surface area contributed by atoms with Crippen LogP contribution in [0.4, 0.5) is 0 Å². The highest BCUT2D eigenvalue weighted by atomic mass is 16.5. The van der Waals surface area contributed by atoms with Crippen molar-refractivity contribution in [2.45, 2.75) is 0 Å². The third-order valence-electron chi connectivity index (χ3n) is 2.31. The molecule has 100 valence electrons. The van der Waals surface area contributed by atoms with Crippen LogP contribution in [-0.2, 0) is 0 Å². The summed E-state index contributed by atoms with van der Waals surface area (Å²) in [6, 6.07) is 12.0. The van der Waals surface area contributed by atoms with E-state index in [1.54, 1.807) is 36.4 Å². The molecule has 1 amide bonds. The summed E-state index contributed by atoms with van der Waals surface area (Å²) in [4.78, 5) is 11.5. The van der Waals surface area contributed by atoms with Crippen LogP contribution in [0.15, 0.2) is 52.2 Å². The minimum atomic E-state index is -0.416. The number of rotatable bonds is 5. The first-order valence-corrected chi connectivity index (χ1v) is 5.76. The van der Waals surface area contributed by atoms with Gasteiger partial charge >= 0.3 is 5.91 Å². The molecule has 0 atom stereocenters. The summed E-state index contributed by atoms with van der Waals surface area (Å²) in [5.41, 5.74) is 3.13. The second-order valence-electron chi connectivity index (χ2n) is 3.69. The normalized spacial score (nSPS) is 10.2. The lowest BCUT2D eigenvalue weighted by atomic mass is 10.2. The summed E-state index contributed by atoms with van der Waals surface area (Å²) in [6.45, 7) is 0.00659. The van der Waals surface area contributed by atoms with Gasteiger partial charge in [-0.1, -0.05) is 0 Å².